The number of carbonyl (C=O) groups is 4. The minimum absolute atomic E-state index is 0.0844. The third-order valence-electron chi connectivity index (χ3n) is 8.08. The summed E-state index contributed by atoms with van der Waals surface area (Å²) in [5, 5.41) is 31.5. The summed E-state index contributed by atoms with van der Waals surface area (Å²) < 4.78 is 0. The summed E-state index contributed by atoms with van der Waals surface area (Å²) in [5.41, 5.74) is 30.8. The van der Waals surface area contributed by atoms with Crippen LogP contribution in [0.5, 0.6) is 11.5 Å². The lowest BCUT2D eigenvalue weighted by Gasteiger charge is -2.26. The van der Waals surface area contributed by atoms with Crippen molar-refractivity contribution in [3.05, 3.63) is 48.0 Å². The van der Waals surface area contributed by atoms with Crippen molar-refractivity contribution in [2.24, 2.45) is 28.7 Å². The molecule has 5 atom stereocenters. The van der Waals surface area contributed by atoms with Gasteiger partial charge in [0, 0.05) is 31.5 Å². The Morgan fingerprint density at radius 2 is 1.35 bits per heavy atom. The van der Waals surface area contributed by atoms with Crippen LogP contribution >= 0.6 is 0 Å². The second-order valence-electron chi connectivity index (χ2n) is 12.1. The van der Waals surface area contributed by atoms with Crippen LogP contribution in [0.25, 0.3) is 11.1 Å². The SMILES string of the molecule is CCC(N)C(=O)NC(CCCN)C(=O)NC(Cc1cc(-c2ccc(O)cc2)ccc1O)C(=O)NC(CCN)CC(=O)NCC(N)CCCN. The van der Waals surface area contributed by atoms with Crippen LogP contribution in [-0.2, 0) is 25.6 Å². The van der Waals surface area contributed by atoms with Crippen molar-refractivity contribution in [1.82, 2.24) is 21.3 Å². The zero-order valence-electron chi connectivity index (χ0n) is 28.3. The summed E-state index contributed by atoms with van der Waals surface area (Å²) in [6.07, 6.45) is 2.39. The first-order valence-electron chi connectivity index (χ1n) is 16.8. The van der Waals surface area contributed by atoms with Gasteiger partial charge in [0.25, 0.3) is 0 Å². The Morgan fingerprint density at radius 3 is 1.98 bits per heavy atom. The van der Waals surface area contributed by atoms with E-state index in [9.17, 15) is 29.4 Å². The maximum atomic E-state index is 13.9. The smallest absolute Gasteiger partial charge is 0.243 e. The molecular weight excluding hydrogens is 630 g/mol. The zero-order valence-corrected chi connectivity index (χ0v) is 28.3. The average molecular weight is 686 g/mol. The molecule has 0 spiro atoms. The number of rotatable bonds is 22. The molecule has 0 aliphatic carbocycles. The van der Waals surface area contributed by atoms with Gasteiger partial charge in [-0.3, -0.25) is 19.2 Å². The molecule has 0 radical (unpaired) electrons. The molecule has 15 nitrogen and oxygen atoms in total. The Bertz CT molecular complexity index is 1340. The van der Waals surface area contributed by atoms with E-state index in [-0.39, 0.29) is 68.8 Å². The summed E-state index contributed by atoms with van der Waals surface area (Å²) >= 11 is 0. The fourth-order valence-corrected chi connectivity index (χ4v) is 5.09. The van der Waals surface area contributed by atoms with Crippen molar-refractivity contribution in [1.29, 1.82) is 0 Å². The molecule has 2 aromatic carbocycles. The standard InChI is InChI=1S/C34H55N9O6/c1-2-27(39)32(47)42-28(6-4-15-36)33(48)43-29(18-23-17-22(9-12-30(23)45)21-7-10-26(44)11-8-21)34(49)41-25(13-16-37)19-31(46)40-20-24(38)5-3-14-35/h7-12,17,24-25,27-29,44-45H,2-6,13-16,18-20,35-39H2,1H3,(H,40,46)(H,41,49)(H,42,47)(H,43,48). The highest BCUT2D eigenvalue weighted by Crippen LogP contribution is 2.28. The van der Waals surface area contributed by atoms with E-state index in [0.29, 0.717) is 36.9 Å². The van der Waals surface area contributed by atoms with Gasteiger partial charge in [0.05, 0.1) is 6.04 Å². The molecule has 0 aliphatic heterocycles. The number of phenolic OH excluding ortho intramolecular Hbond substituents is 2. The topological polar surface area (TPSA) is 287 Å². The Morgan fingerprint density at radius 1 is 0.735 bits per heavy atom. The fraction of sp³-hybridized carbons (Fsp3) is 0.529. The zero-order chi connectivity index (χ0) is 36.3. The molecule has 5 unspecified atom stereocenters. The lowest BCUT2D eigenvalue weighted by Crippen LogP contribution is -2.57. The molecule has 0 fully saturated rings. The Balaban J connectivity index is 2.36. The lowest BCUT2D eigenvalue weighted by molar-refractivity contribution is -0.133. The van der Waals surface area contributed by atoms with Gasteiger partial charge in [0.15, 0.2) is 0 Å². The first-order valence-corrected chi connectivity index (χ1v) is 16.8. The maximum absolute atomic E-state index is 13.9. The highest BCUT2D eigenvalue weighted by atomic mass is 16.3. The van der Waals surface area contributed by atoms with Crippen molar-refractivity contribution in [2.45, 2.75) is 88.5 Å². The highest BCUT2D eigenvalue weighted by Gasteiger charge is 2.30. The van der Waals surface area contributed by atoms with E-state index in [2.05, 4.69) is 21.3 Å². The Labute approximate surface area is 288 Å². The largest absolute Gasteiger partial charge is 0.508 e. The summed E-state index contributed by atoms with van der Waals surface area (Å²) in [6.45, 7) is 2.92. The third kappa shape index (κ3) is 14.4. The Kier molecular flexibility index (Phi) is 18.1. The third-order valence-corrected chi connectivity index (χ3v) is 8.08. The van der Waals surface area contributed by atoms with Crippen LogP contribution in [0.1, 0.15) is 57.4 Å². The van der Waals surface area contributed by atoms with Gasteiger partial charge in [-0.05, 0) is 99.1 Å². The molecule has 4 amide bonds. The lowest BCUT2D eigenvalue weighted by atomic mass is 9.97. The van der Waals surface area contributed by atoms with Crippen LogP contribution in [0.15, 0.2) is 42.5 Å². The summed E-state index contributed by atoms with van der Waals surface area (Å²) in [5.74, 6) is -2.13. The van der Waals surface area contributed by atoms with Gasteiger partial charge in [-0.15, -0.1) is 0 Å². The quantitative estimate of drug-likeness (QED) is 0.0726. The number of nitrogens with one attached hydrogen (secondary N) is 4. The van der Waals surface area contributed by atoms with E-state index < -0.39 is 41.9 Å². The number of hydrogen-bond donors (Lipinski definition) is 11. The molecule has 2 rings (SSSR count). The van der Waals surface area contributed by atoms with Gasteiger partial charge in [-0.1, -0.05) is 25.1 Å². The minimum Gasteiger partial charge on any atom is -0.508 e. The van der Waals surface area contributed by atoms with E-state index in [1.165, 1.54) is 18.2 Å². The van der Waals surface area contributed by atoms with E-state index in [1.807, 2.05) is 0 Å². The molecule has 0 aliphatic rings. The van der Waals surface area contributed by atoms with Crippen LogP contribution in [0.3, 0.4) is 0 Å². The van der Waals surface area contributed by atoms with Crippen molar-refractivity contribution < 1.29 is 29.4 Å². The molecule has 2 aromatic rings. The number of carbonyl (C=O) groups excluding carboxylic acids is 4. The van der Waals surface area contributed by atoms with E-state index in [4.69, 9.17) is 28.7 Å². The summed E-state index contributed by atoms with van der Waals surface area (Å²) in [4.78, 5) is 52.9. The predicted molar refractivity (Wildman–Crippen MR) is 189 cm³/mol. The number of aromatic hydroxyl groups is 2. The molecule has 0 aromatic heterocycles. The number of phenols is 2. The molecule has 0 saturated heterocycles. The van der Waals surface area contributed by atoms with Crippen LogP contribution in [0, 0.1) is 0 Å². The molecule has 49 heavy (non-hydrogen) atoms. The van der Waals surface area contributed by atoms with Gasteiger partial charge < -0.3 is 60.1 Å². The highest BCUT2D eigenvalue weighted by molar-refractivity contribution is 5.93. The van der Waals surface area contributed by atoms with Gasteiger partial charge in [-0.2, -0.15) is 0 Å². The maximum Gasteiger partial charge on any atom is 0.243 e. The van der Waals surface area contributed by atoms with Crippen molar-refractivity contribution in [3.8, 4) is 22.6 Å². The van der Waals surface area contributed by atoms with Gasteiger partial charge in [-0.25, -0.2) is 0 Å². The number of hydrogen-bond acceptors (Lipinski definition) is 11. The van der Waals surface area contributed by atoms with E-state index >= 15 is 0 Å². The first kappa shape index (κ1) is 40.9. The van der Waals surface area contributed by atoms with Crippen molar-refractivity contribution >= 4 is 23.6 Å². The van der Waals surface area contributed by atoms with Crippen molar-refractivity contribution in [2.75, 3.05) is 26.2 Å². The molecule has 0 bridgehead atoms. The van der Waals surface area contributed by atoms with Crippen LogP contribution in [0.4, 0.5) is 0 Å². The fourth-order valence-electron chi connectivity index (χ4n) is 5.09. The second-order valence-corrected chi connectivity index (χ2v) is 12.1. The van der Waals surface area contributed by atoms with E-state index in [0.717, 1.165) is 12.0 Å². The summed E-state index contributed by atoms with van der Waals surface area (Å²) in [7, 11) is 0. The first-order chi connectivity index (χ1) is 23.4. The van der Waals surface area contributed by atoms with Gasteiger partial charge >= 0.3 is 0 Å². The van der Waals surface area contributed by atoms with Gasteiger partial charge in [0.2, 0.25) is 23.6 Å². The average Bonchev–Trinajstić information content (AvgIpc) is 3.08. The van der Waals surface area contributed by atoms with Crippen molar-refractivity contribution in [3.63, 3.8) is 0 Å². The normalized spacial score (nSPS) is 14.2. The van der Waals surface area contributed by atoms with Crippen LogP contribution in [-0.4, -0.2) is 90.2 Å². The molecule has 272 valence electrons. The Hall–Kier alpha value is -4.28. The van der Waals surface area contributed by atoms with Crippen LogP contribution in [0.2, 0.25) is 0 Å². The number of benzene rings is 2. The minimum atomic E-state index is -1.24. The second kappa shape index (κ2) is 21.6. The molecular formula is C34H55N9O6. The van der Waals surface area contributed by atoms with Gasteiger partial charge in [0.1, 0.15) is 23.6 Å². The molecule has 15 heteroatoms. The van der Waals surface area contributed by atoms with Crippen LogP contribution < -0.4 is 49.9 Å². The molecule has 0 saturated carbocycles. The monoisotopic (exact) mass is 685 g/mol. The number of amides is 4. The predicted octanol–water partition coefficient (Wildman–Crippen LogP) is -0.841. The molecule has 0 heterocycles. The van der Waals surface area contributed by atoms with E-state index in [1.54, 1.807) is 31.2 Å². The summed E-state index contributed by atoms with van der Waals surface area (Å²) in [6, 6.07) is 7.27. The molecule has 16 N–H and O–H groups in total. The number of nitrogens with two attached hydrogens (primary N) is 5.